The standard InChI is InChI=1S/C17H19N3.H3N/c1-19(2)15-10-8-14(9-11-15)17-12-13-20(18-17)16-6-4-3-5-7-16;/h3-12,18H,13H2,1-2H3;1H3. The van der Waals surface area contributed by atoms with Crippen LogP contribution < -0.4 is 21.5 Å². The topological polar surface area (TPSA) is 53.5 Å². The second-order valence-electron chi connectivity index (χ2n) is 5.12. The maximum atomic E-state index is 3.45. The van der Waals surface area contributed by atoms with Crippen molar-refractivity contribution < 1.29 is 0 Å². The maximum Gasteiger partial charge on any atom is 0.0598 e. The maximum absolute atomic E-state index is 3.45. The van der Waals surface area contributed by atoms with E-state index in [0.717, 1.165) is 6.54 Å². The monoisotopic (exact) mass is 282 g/mol. The highest BCUT2D eigenvalue weighted by molar-refractivity contribution is 5.71. The van der Waals surface area contributed by atoms with Crippen molar-refractivity contribution in [3.05, 3.63) is 66.2 Å². The van der Waals surface area contributed by atoms with Crippen LogP contribution in [0.15, 0.2) is 60.7 Å². The van der Waals surface area contributed by atoms with Gasteiger partial charge in [0.15, 0.2) is 0 Å². The van der Waals surface area contributed by atoms with Crippen molar-refractivity contribution in [3.63, 3.8) is 0 Å². The van der Waals surface area contributed by atoms with Crippen molar-refractivity contribution in [2.45, 2.75) is 0 Å². The number of hydrogen-bond acceptors (Lipinski definition) is 4. The first-order valence-corrected chi connectivity index (χ1v) is 6.81. The third-order valence-electron chi connectivity index (χ3n) is 3.50. The van der Waals surface area contributed by atoms with E-state index in [1.807, 2.05) is 6.07 Å². The van der Waals surface area contributed by atoms with E-state index in [1.54, 1.807) is 0 Å². The summed E-state index contributed by atoms with van der Waals surface area (Å²) < 4.78 is 0. The van der Waals surface area contributed by atoms with Gasteiger partial charge in [0.25, 0.3) is 0 Å². The van der Waals surface area contributed by atoms with Crippen molar-refractivity contribution in [3.8, 4) is 0 Å². The van der Waals surface area contributed by atoms with Gasteiger partial charge in [0.1, 0.15) is 0 Å². The van der Waals surface area contributed by atoms with E-state index in [0.29, 0.717) is 0 Å². The molecule has 0 spiro atoms. The van der Waals surface area contributed by atoms with E-state index in [4.69, 9.17) is 0 Å². The summed E-state index contributed by atoms with van der Waals surface area (Å²) in [5, 5.41) is 2.15. The Labute approximate surface area is 126 Å². The summed E-state index contributed by atoms with van der Waals surface area (Å²) in [5.74, 6) is 0. The van der Waals surface area contributed by atoms with Crippen LogP contribution in [0.4, 0.5) is 11.4 Å². The number of anilines is 2. The molecule has 21 heavy (non-hydrogen) atoms. The van der Waals surface area contributed by atoms with Gasteiger partial charge in [0, 0.05) is 19.8 Å². The average molecular weight is 282 g/mol. The Morgan fingerprint density at radius 1 is 0.952 bits per heavy atom. The molecule has 0 saturated heterocycles. The van der Waals surface area contributed by atoms with Crippen molar-refractivity contribution in [1.29, 1.82) is 0 Å². The molecule has 0 saturated carbocycles. The molecular weight excluding hydrogens is 260 g/mol. The van der Waals surface area contributed by atoms with E-state index >= 15 is 0 Å². The van der Waals surface area contributed by atoms with Crippen molar-refractivity contribution in [2.75, 3.05) is 30.5 Å². The van der Waals surface area contributed by atoms with Gasteiger partial charge in [0.2, 0.25) is 0 Å². The largest absolute Gasteiger partial charge is 0.378 e. The fourth-order valence-corrected chi connectivity index (χ4v) is 2.32. The molecule has 2 aromatic rings. The second-order valence-corrected chi connectivity index (χ2v) is 5.12. The molecule has 3 rings (SSSR count). The van der Waals surface area contributed by atoms with E-state index in [2.05, 4.69) is 84.0 Å². The van der Waals surface area contributed by atoms with Crippen LogP contribution in [0.5, 0.6) is 0 Å². The lowest BCUT2D eigenvalue weighted by Crippen LogP contribution is -2.31. The SMILES string of the molecule is CN(C)c1ccc(C2=CCN(c3ccccc3)N2)cc1.N. The van der Waals surface area contributed by atoms with Gasteiger partial charge >= 0.3 is 0 Å². The number of hydrogen-bond donors (Lipinski definition) is 2. The lowest BCUT2D eigenvalue weighted by Gasteiger charge is -2.20. The third kappa shape index (κ3) is 3.17. The molecule has 0 amide bonds. The molecule has 0 aromatic heterocycles. The normalized spacial score (nSPS) is 13.2. The van der Waals surface area contributed by atoms with Crippen molar-refractivity contribution >= 4 is 17.1 Å². The zero-order valence-electron chi connectivity index (χ0n) is 12.6. The summed E-state index contributed by atoms with van der Waals surface area (Å²) in [6.45, 7) is 0.884. The number of nitrogens with one attached hydrogen (secondary N) is 1. The average Bonchev–Trinajstić information content (AvgIpc) is 2.98. The fourth-order valence-electron chi connectivity index (χ4n) is 2.32. The molecule has 1 aliphatic heterocycles. The van der Waals surface area contributed by atoms with E-state index < -0.39 is 0 Å². The third-order valence-corrected chi connectivity index (χ3v) is 3.50. The molecule has 0 fully saturated rings. The van der Waals surface area contributed by atoms with Crippen LogP contribution in [-0.4, -0.2) is 20.6 Å². The summed E-state index contributed by atoms with van der Waals surface area (Å²) >= 11 is 0. The van der Waals surface area contributed by atoms with Gasteiger partial charge in [-0.3, -0.25) is 10.4 Å². The molecule has 0 aliphatic carbocycles. The Balaban J connectivity index is 0.00000161. The van der Waals surface area contributed by atoms with E-state index in [-0.39, 0.29) is 6.15 Å². The molecule has 0 atom stereocenters. The molecule has 2 aromatic carbocycles. The lowest BCUT2D eigenvalue weighted by atomic mass is 10.1. The first kappa shape index (κ1) is 14.9. The zero-order chi connectivity index (χ0) is 13.9. The number of para-hydroxylation sites is 1. The first-order valence-electron chi connectivity index (χ1n) is 6.81. The van der Waals surface area contributed by atoms with Gasteiger partial charge in [-0.1, -0.05) is 30.3 Å². The van der Waals surface area contributed by atoms with Crippen molar-refractivity contribution in [2.24, 2.45) is 0 Å². The van der Waals surface area contributed by atoms with Crippen LogP contribution >= 0.6 is 0 Å². The summed E-state index contributed by atoms with van der Waals surface area (Å²) in [4.78, 5) is 2.11. The summed E-state index contributed by atoms with van der Waals surface area (Å²) in [5.41, 5.74) is 8.23. The quantitative estimate of drug-likeness (QED) is 0.907. The van der Waals surface area contributed by atoms with Crippen LogP contribution in [0.1, 0.15) is 5.56 Å². The van der Waals surface area contributed by atoms with Gasteiger partial charge in [0.05, 0.1) is 17.9 Å². The number of hydrazine groups is 1. The molecule has 4 nitrogen and oxygen atoms in total. The van der Waals surface area contributed by atoms with Gasteiger partial charge < -0.3 is 11.1 Å². The van der Waals surface area contributed by atoms with Crippen molar-refractivity contribution in [1.82, 2.24) is 11.6 Å². The Kier molecular flexibility index (Phi) is 4.50. The Morgan fingerprint density at radius 3 is 2.24 bits per heavy atom. The zero-order valence-corrected chi connectivity index (χ0v) is 12.6. The minimum atomic E-state index is 0. The highest BCUT2D eigenvalue weighted by Crippen LogP contribution is 2.23. The summed E-state index contributed by atoms with van der Waals surface area (Å²) in [6.07, 6.45) is 2.22. The molecule has 1 heterocycles. The van der Waals surface area contributed by atoms with Crippen LogP contribution in [-0.2, 0) is 0 Å². The van der Waals surface area contributed by atoms with Gasteiger partial charge in [-0.25, -0.2) is 0 Å². The summed E-state index contributed by atoms with van der Waals surface area (Å²) in [7, 11) is 4.11. The molecule has 4 heteroatoms. The van der Waals surface area contributed by atoms with Gasteiger partial charge in [-0.15, -0.1) is 0 Å². The fraction of sp³-hybridized carbons (Fsp3) is 0.176. The molecule has 0 radical (unpaired) electrons. The molecule has 0 bridgehead atoms. The summed E-state index contributed by atoms with van der Waals surface area (Å²) in [6, 6.07) is 19.0. The second kappa shape index (κ2) is 6.33. The Morgan fingerprint density at radius 2 is 1.62 bits per heavy atom. The van der Waals surface area contributed by atoms with Gasteiger partial charge in [-0.2, -0.15) is 0 Å². The smallest absolute Gasteiger partial charge is 0.0598 e. The Hall–Kier alpha value is -2.46. The minimum absolute atomic E-state index is 0. The van der Waals surface area contributed by atoms with Crippen LogP contribution in [0, 0.1) is 0 Å². The molecule has 4 N–H and O–H groups in total. The van der Waals surface area contributed by atoms with Gasteiger partial charge in [-0.05, 0) is 35.9 Å². The van der Waals surface area contributed by atoms with Crippen LogP contribution in [0.25, 0.3) is 5.70 Å². The van der Waals surface area contributed by atoms with Crippen LogP contribution in [0.2, 0.25) is 0 Å². The Bertz CT molecular complexity index is 602. The molecule has 110 valence electrons. The van der Waals surface area contributed by atoms with E-state index in [1.165, 1.54) is 22.6 Å². The molecule has 1 aliphatic rings. The highest BCUT2D eigenvalue weighted by Gasteiger charge is 2.14. The predicted octanol–water partition coefficient (Wildman–Crippen LogP) is 3.28. The number of benzene rings is 2. The van der Waals surface area contributed by atoms with Crippen LogP contribution in [0.3, 0.4) is 0 Å². The number of rotatable bonds is 3. The predicted molar refractivity (Wildman–Crippen MR) is 90.7 cm³/mol. The minimum Gasteiger partial charge on any atom is -0.378 e. The highest BCUT2D eigenvalue weighted by atomic mass is 15.5. The molecular formula is C17H22N4. The lowest BCUT2D eigenvalue weighted by molar-refractivity contribution is 0.852. The van der Waals surface area contributed by atoms with E-state index in [9.17, 15) is 0 Å². The molecule has 0 unspecified atom stereocenters. The number of nitrogens with zero attached hydrogens (tertiary/aromatic N) is 2. The first-order chi connectivity index (χ1) is 9.74.